The number of likely N-dealkylation sites (N-methyl/N-ethyl adjacent to an activating group) is 1. The maximum atomic E-state index is 12.1. The zero-order valence-electron chi connectivity index (χ0n) is 11.2. The second kappa shape index (κ2) is 5.30. The Balaban J connectivity index is 2.16. The topological polar surface area (TPSA) is 60.9 Å². The highest BCUT2D eigenvalue weighted by atomic mass is 16.4. The summed E-state index contributed by atoms with van der Waals surface area (Å²) in [6, 6.07) is 7.40. The molecule has 1 aromatic rings. The Morgan fingerprint density at radius 1 is 1.37 bits per heavy atom. The number of urea groups is 1. The number of rotatable bonds is 4. The molecule has 1 fully saturated rings. The van der Waals surface area contributed by atoms with Gasteiger partial charge in [0.2, 0.25) is 0 Å². The Morgan fingerprint density at radius 2 is 2.00 bits per heavy atom. The normalized spacial score (nSPS) is 19.1. The number of amides is 2. The van der Waals surface area contributed by atoms with E-state index in [1.165, 1.54) is 10.5 Å². The molecule has 102 valence electrons. The van der Waals surface area contributed by atoms with Gasteiger partial charge >= 0.3 is 12.0 Å². The van der Waals surface area contributed by atoms with Crippen LogP contribution in [-0.4, -0.2) is 41.6 Å². The molecular weight excluding hydrogens is 244 g/mol. The van der Waals surface area contributed by atoms with Crippen molar-refractivity contribution in [1.29, 1.82) is 0 Å². The first kappa shape index (κ1) is 13.4. The minimum absolute atomic E-state index is 0.0220. The second-order valence-electron chi connectivity index (χ2n) is 4.78. The minimum Gasteiger partial charge on any atom is -0.481 e. The van der Waals surface area contributed by atoms with E-state index in [4.69, 9.17) is 5.11 Å². The summed E-state index contributed by atoms with van der Waals surface area (Å²) in [6.45, 7) is 2.50. The molecule has 5 heteroatoms. The van der Waals surface area contributed by atoms with Gasteiger partial charge in [-0.05, 0) is 24.1 Å². The third-order valence-electron chi connectivity index (χ3n) is 3.54. The third-order valence-corrected chi connectivity index (χ3v) is 3.54. The van der Waals surface area contributed by atoms with Crippen LogP contribution in [0.1, 0.15) is 18.9 Å². The van der Waals surface area contributed by atoms with Gasteiger partial charge in [-0.3, -0.25) is 9.69 Å². The monoisotopic (exact) mass is 262 g/mol. The maximum Gasteiger partial charge on any atom is 0.324 e. The molecule has 2 rings (SSSR count). The van der Waals surface area contributed by atoms with Crippen molar-refractivity contribution < 1.29 is 14.7 Å². The van der Waals surface area contributed by atoms with E-state index in [-0.39, 0.29) is 18.5 Å². The molecule has 2 amide bonds. The van der Waals surface area contributed by atoms with Gasteiger partial charge in [-0.2, -0.15) is 0 Å². The van der Waals surface area contributed by atoms with Gasteiger partial charge in [0.05, 0.1) is 12.5 Å². The Morgan fingerprint density at radius 3 is 2.53 bits per heavy atom. The lowest BCUT2D eigenvalue weighted by molar-refractivity contribution is -0.137. The summed E-state index contributed by atoms with van der Waals surface area (Å²) >= 11 is 0. The second-order valence-corrected chi connectivity index (χ2v) is 4.78. The Bertz CT molecular complexity index is 484. The Labute approximate surface area is 112 Å². The van der Waals surface area contributed by atoms with Crippen LogP contribution in [0.2, 0.25) is 0 Å². The van der Waals surface area contributed by atoms with Crippen molar-refractivity contribution >= 4 is 17.7 Å². The van der Waals surface area contributed by atoms with Crippen LogP contribution in [0.3, 0.4) is 0 Å². The molecular formula is C14H18N2O3. The molecule has 0 aromatic heterocycles. The standard InChI is InChI=1S/C14H18N2O3/c1-3-10-4-6-11(7-5-10)16-9-12(8-13(17)18)15(2)14(16)19/h4-7,12H,3,8-9H2,1-2H3,(H,17,18). The fourth-order valence-electron chi connectivity index (χ4n) is 2.29. The summed E-state index contributed by atoms with van der Waals surface area (Å²) in [5.41, 5.74) is 2.03. The number of hydrogen-bond donors (Lipinski definition) is 1. The first-order valence-corrected chi connectivity index (χ1v) is 6.38. The highest BCUT2D eigenvalue weighted by Crippen LogP contribution is 2.24. The first-order valence-electron chi connectivity index (χ1n) is 6.38. The summed E-state index contributed by atoms with van der Waals surface area (Å²) in [5.74, 6) is -0.882. The SMILES string of the molecule is CCc1ccc(N2CC(CC(=O)O)N(C)C2=O)cc1. The van der Waals surface area contributed by atoms with Crippen molar-refractivity contribution in [3.05, 3.63) is 29.8 Å². The highest BCUT2D eigenvalue weighted by molar-refractivity contribution is 5.95. The fraction of sp³-hybridized carbons (Fsp3) is 0.429. The van der Waals surface area contributed by atoms with Crippen LogP contribution >= 0.6 is 0 Å². The number of benzene rings is 1. The lowest BCUT2D eigenvalue weighted by Crippen LogP contribution is -2.32. The molecule has 0 bridgehead atoms. The Kier molecular flexibility index (Phi) is 3.74. The van der Waals surface area contributed by atoms with Crippen molar-refractivity contribution in [2.45, 2.75) is 25.8 Å². The van der Waals surface area contributed by atoms with E-state index >= 15 is 0 Å². The highest BCUT2D eigenvalue weighted by Gasteiger charge is 2.36. The molecule has 1 aromatic carbocycles. The molecule has 1 N–H and O–H groups in total. The first-order chi connectivity index (χ1) is 9.02. The van der Waals surface area contributed by atoms with Gasteiger partial charge in [0.1, 0.15) is 0 Å². The average Bonchev–Trinajstić information content (AvgIpc) is 2.67. The maximum absolute atomic E-state index is 12.1. The van der Waals surface area contributed by atoms with E-state index in [1.807, 2.05) is 24.3 Å². The van der Waals surface area contributed by atoms with Gasteiger partial charge in [0.15, 0.2) is 0 Å². The molecule has 19 heavy (non-hydrogen) atoms. The van der Waals surface area contributed by atoms with E-state index in [0.29, 0.717) is 6.54 Å². The molecule has 0 saturated carbocycles. The summed E-state index contributed by atoms with van der Waals surface area (Å²) in [4.78, 5) is 26.0. The summed E-state index contributed by atoms with van der Waals surface area (Å²) in [6.07, 6.45) is 0.932. The van der Waals surface area contributed by atoms with Gasteiger partial charge in [0.25, 0.3) is 0 Å². The fourth-order valence-corrected chi connectivity index (χ4v) is 2.29. The number of anilines is 1. The van der Waals surface area contributed by atoms with Crippen molar-refractivity contribution in [1.82, 2.24) is 4.90 Å². The number of aliphatic carboxylic acids is 1. The predicted molar refractivity (Wildman–Crippen MR) is 72.4 cm³/mol. The number of carboxylic acids is 1. The summed E-state index contributed by atoms with van der Waals surface area (Å²) in [5, 5.41) is 8.85. The zero-order chi connectivity index (χ0) is 14.0. The molecule has 1 heterocycles. The average molecular weight is 262 g/mol. The number of carbonyl (C=O) groups excluding carboxylic acids is 1. The molecule has 5 nitrogen and oxygen atoms in total. The van der Waals surface area contributed by atoms with Crippen LogP contribution in [0.25, 0.3) is 0 Å². The summed E-state index contributed by atoms with van der Waals surface area (Å²) in [7, 11) is 1.65. The number of carboxylic acid groups (broad SMARTS) is 1. The third kappa shape index (κ3) is 2.70. The predicted octanol–water partition coefficient (Wildman–Crippen LogP) is 1.96. The minimum atomic E-state index is -0.882. The van der Waals surface area contributed by atoms with Gasteiger partial charge in [0, 0.05) is 19.3 Å². The lowest BCUT2D eigenvalue weighted by atomic mass is 10.1. The van der Waals surface area contributed by atoms with Gasteiger partial charge in [-0.1, -0.05) is 19.1 Å². The van der Waals surface area contributed by atoms with Crippen LogP contribution in [0.4, 0.5) is 10.5 Å². The van der Waals surface area contributed by atoms with Gasteiger partial charge < -0.3 is 10.0 Å². The molecule has 0 aliphatic carbocycles. The van der Waals surface area contributed by atoms with Crippen LogP contribution in [0.15, 0.2) is 24.3 Å². The summed E-state index contributed by atoms with van der Waals surface area (Å²) < 4.78 is 0. The Hall–Kier alpha value is -2.04. The van der Waals surface area contributed by atoms with Crippen LogP contribution < -0.4 is 4.90 Å². The van der Waals surface area contributed by atoms with Crippen LogP contribution in [0, 0.1) is 0 Å². The lowest BCUT2D eigenvalue weighted by Gasteiger charge is -2.16. The van der Waals surface area contributed by atoms with E-state index in [0.717, 1.165) is 12.1 Å². The molecule has 1 atom stereocenters. The zero-order valence-corrected chi connectivity index (χ0v) is 11.2. The molecule has 1 saturated heterocycles. The van der Waals surface area contributed by atoms with E-state index in [1.54, 1.807) is 11.9 Å². The molecule has 1 aliphatic heterocycles. The molecule has 1 unspecified atom stereocenters. The van der Waals surface area contributed by atoms with E-state index in [2.05, 4.69) is 6.92 Å². The van der Waals surface area contributed by atoms with Crippen molar-refractivity contribution in [2.24, 2.45) is 0 Å². The largest absolute Gasteiger partial charge is 0.481 e. The van der Waals surface area contributed by atoms with Crippen molar-refractivity contribution in [3.8, 4) is 0 Å². The number of nitrogens with zero attached hydrogens (tertiary/aromatic N) is 2. The van der Waals surface area contributed by atoms with Crippen molar-refractivity contribution in [2.75, 3.05) is 18.5 Å². The van der Waals surface area contributed by atoms with Crippen molar-refractivity contribution in [3.63, 3.8) is 0 Å². The van der Waals surface area contributed by atoms with Crippen LogP contribution in [-0.2, 0) is 11.2 Å². The van der Waals surface area contributed by atoms with E-state index < -0.39 is 5.97 Å². The van der Waals surface area contributed by atoms with Crippen LogP contribution in [0.5, 0.6) is 0 Å². The molecule has 1 aliphatic rings. The molecule has 0 spiro atoms. The molecule has 0 radical (unpaired) electrons. The quantitative estimate of drug-likeness (QED) is 0.902. The van der Waals surface area contributed by atoms with Gasteiger partial charge in [-0.15, -0.1) is 0 Å². The number of hydrogen-bond acceptors (Lipinski definition) is 2. The number of aryl methyl sites for hydroxylation is 1. The smallest absolute Gasteiger partial charge is 0.324 e. The number of carbonyl (C=O) groups is 2. The van der Waals surface area contributed by atoms with Gasteiger partial charge in [-0.25, -0.2) is 4.79 Å². The van der Waals surface area contributed by atoms with E-state index in [9.17, 15) is 9.59 Å².